The van der Waals surface area contributed by atoms with E-state index in [-0.39, 0.29) is 0 Å². The zero-order valence-electron chi connectivity index (χ0n) is 18.8. The van der Waals surface area contributed by atoms with Crippen LogP contribution in [0.4, 0.5) is 0 Å². The second kappa shape index (κ2) is 11.7. The van der Waals surface area contributed by atoms with Crippen LogP contribution < -0.4 is 9.44 Å². The minimum Gasteiger partial charge on any atom is -0.195 e. The second-order valence-electron chi connectivity index (χ2n) is 7.79. The van der Waals surface area contributed by atoms with Crippen LogP contribution in [-0.4, -0.2) is 65.7 Å². The summed E-state index contributed by atoms with van der Waals surface area (Å²) in [5.74, 6) is 0. The Morgan fingerprint density at radius 2 is 0.969 bits per heavy atom. The Balaban J connectivity index is 2.32. The lowest BCUT2D eigenvalue weighted by Crippen LogP contribution is -2.44. The van der Waals surface area contributed by atoms with Gasteiger partial charge in [-0.25, -0.2) is 0 Å². The summed E-state index contributed by atoms with van der Waals surface area (Å²) < 4.78 is 57.3. The van der Waals surface area contributed by atoms with E-state index in [1.165, 1.54) is 28.2 Å². The zero-order chi connectivity index (χ0) is 23.8. The molecule has 176 valence electrons. The standard InChI is InChI=1S/C22H32N4O4S2/c1-25(2)31(27,28)23-21(17-19-11-7-5-8-12-19)15-16-22(24-32(29,30)26(3)4)18-20-13-9-6-10-14-20/h5-16,21-24H,17-18H2,1-4H3/t21-,22-/m1/s1. The number of nitrogens with zero attached hydrogens (tertiary/aromatic N) is 2. The van der Waals surface area contributed by atoms with E-state index in [1.54, 1.807) is 12.2 Å². The van der Waals surface area contributed by atoms with Crippen LogP contribution in [0.1, 0.15) is 11.1 Å². The van der Waals surface area contributed by atoms with E-state index in [4.69, 9.17) is 0 Å². The van der Waals surface area contributed by atoms with E-state index in [1.807, 2.05) is 60.7 Å². The van der Waals surface area contributed by atoms with Crippen molar-refractivity contribution in [1.29, 1.82) is 0 Å². The summed E-state index contributed by atoms with van der Waals surface area (Å²) in [6.45, 7) is 0. The minimum absolute atomic E-state index is 0.420. The van der Waals surface area contributed by atoms with Gasteiger partial charge >= 0.3 is 0 Å². The molecule has 0 saturated heterocycles. The number of hydrogen-bond donors (Lipinski definition) is 2. The predicted molar refractivity (Wildman–Crippen MR) is 128 cm³/mol. The molecule has 0 fully saturated rings. The van der Waals surface area contributed by atoms with E-state index in [2.05, 4.69) is 9.44 Å². The first-order chi connectivity index (χ1) is 15.0. The van der Waals surface area contributed by atoms with Crippen molar-refractivity contribution < 1.29 is 16.8 Å². The first kappa shape index (κ1) is 26.2. The van der Waals surface area contributed by atoms with Gasteiger partial charge in [0.2, 0.25) is 0 Å². The maximum Gasteiger partial charge on any atom is 0.279 e. The summed E-state index contributed by atoms with van der Waals surface area (Å²) in [4.78, 5) is 0. The van der Waals surface area contributed by atoms with Gasteiger partial charge in [-0.2, -0.15) is 34.9 Å². The quantitative estimate of drug-likeness (QED) is 0.451. The topological polar surface area (TPSA) is 98.8 Å². The third-order valence-corrected chi connectivity index (χ3v) is 7.86. The highest BCUT2D eigenvalue weighted by atomic mass is 32.2. The van der Waals surface area contributed by atoms with E-state index >= 15 is 0 Å². The van der Waals surface area contributed by atoms with Crippen molar-refractivity contribution in [2.24, 2.45) is 0 Å². The smallest absolute Gasteiger partial charge is 0.195 e. The molecule has 2 rings (SSSR count). The van der Waals surface area contributed by atoms with Crippen molar-refractivity contribution in [1.82, 2.24) is 18.1 Å². The average Bonchev–Trinajstić information content (AvgIpc) is 2.72. The largest absolute Gasteiger partial charge is 0.279 e. The molecule has 0 amide bonds. The highest BCUT2D eigenvalue weighted by Crippen LogP contribution is 2.10. The van der Waals surface area contributed by atoms with Crippen molar-refractivity contribution in [2.45, 2.75) is 24.9 Å². The average molecular weight is 481 g/mol. The number of benzene rings is 2. The summed E-state index contributed by atoms with van der Waals surface area (Å²) in [5.41, 5.74) is 1.91. The van der Waals surface area contributed by atoms with Crippen molar-refractivity contribution in [3.8, 4) is 0 Å². The maximum atomic E-state index is 12.4. The molecule has 0 aliphatic rings. The van der Waals surface area contributed by atoms with Crippen LogP contribution in [-0.2, 0) is 33.3 Å². The van der Waals surface area contributed by atoms with Crippen molar-refractivity contribution >= 4 is 20.4 Å². The first-order valence-electron chi connectivity index (χ1n) is 10.2. The van der Waals surface area contributed by atoms with Crippen molar-refractivity contribution in [3.63, 3.8) is 0 Å². The molecule has 2 atom stereocenters. The molecular formula is C22H32N4O4S2. The lowest BCUT2D eigenvalue weighted by molar-refractivity contribution is 0.493. The summed E-state index contributed by atoms with van der Waals surface area (Å²) in [5, 5.41) is 0. The van der Waals surface area contributed by atoms with Crippen LogP contribution in [0.15, 0.2) is 72.8 Å². The fourth-order valence-corrected chi connectivity index (χ4v) is 4.41. The molecule has 0 bridgehead atoms. The fraction of sp³-hybridized carbons (Fsp3) is 0.364. The van der Waals surface area contributed by atoms with Gasteiger partial charge in [-0.05, 0) is 24.0 Å². The number of hydrogen-bond acceptors (Lipinski definition) is 4. The Morgan fingerprint density at radius 1 is 0.656 bits per heavy atom. The minimum atomic E-state index is -3.69. The van der Waals surface area contributed by atoms with Crippen LogP contribution in [0.3, 0.4) is 0 Å². The molecule has 0 radical (unpaired) electrons. The molecule has 2 aromatic carbocycles. The van der Waals surface area contributed by atoms with E-state index < -0.39 is 32.5 Å². The normalized spacial score (nSPS) is 14.8. The van der Waals surface area contributed by atoms with Crippen LogP contribution in [0.2, 0.25) is 0 Å². The van der Waals surface area contributed by atoms with Gasteiger partial charge in [0.15, 0.2) is 0 Å². The van der Waals surface area contributed by atoms with Crippen LogP contribution in [0.5, 0.6) is 0 Å². The Labute approximate surface area is 192 Å². The fourth-order valence-electron chi connectivity index (χ4n) is 2.90. The second-order valence-corrected chi connectivity index (χ2v) is 11.6. The lowest BCUT2D eigenvalue weighted by atomic mass is 10.0. The maximum absolute atomic E-state index is 12.4. The highest BCUT2D eigenvalue weighted by molar-refractivity contribution is 7.87. The molecule has 0 heterocycles. The van der Waals surface area contributed by atoms with Gasteiger partial charge in [0.1, 0.15) is 0 Å². The molecule has 32 heavy (non-hydrogen) atoms. The van der Waals surface area contributed by atoms with Gasteiger partial charge in [-0.15, -0.1) is 0 Å². The summed E-state index contributed by atoms with van der Waals surface area (Å²) in [6, 6.07) is 17.9. The molecule has 2 aromatic rings. The molecule has 0 spiro atoms. The molecular weight excluding hydrogens is 448 g/mol. The number of rotatable bonds is 12. The Hall–Kier alpha value is -2.08. The third kappa shape index (κ3) is 8.45. The molecule has 10 heteroatoms. The van der Waals surface area contributed by atoms with E-state index in [9.17, 15) is 16.8 Å². The molecule has 0 saturated carbocycles. The van der Waals surface area contributed by atoms with Crippen LogP contribution in [0, 0.1) is 0 Å². The Morgan fingerprint density at radius 3 is 1.25 bits per heavy atom. The molecule has 0 aliphatic heterocycles. The zero-order valence-corrected chi connectivity index (χ0v) is 20.5. The van der Waals surface area contributed by atoms with Gasteiger partial charge in [-0.1, -0.05) is 72.8 Å². The molecule has 0 aliphatic carbocycles. The van der Waals surface area contributed by atoms with Crippen LogP contribution >= 0.6 is 0 Å². The van der Waals surface area contributed by atoms with E-state index in [0.717, 1.165) is 19.7 Å². The van der Waals surface area contributed by atoms with E-state index in [0.29, 0.717) is 12.8 Å². The Bertz CT molecular complexity index is 984. The monoisotopic (exact) mass is 480 g/mol. The van der Waals surface area contributed by atoms with Gasteiger partial charge in [0.25, 0.3) is 20.4 Å². The van der Waals surface area contributed by atoms with Gasteiger partial charge < -0.3 is 0 Å². The number of nitrogens with one attached hydrogen (secondary N) is 2. The lowest BCUT2D eigenvalue weighted by Gasteiger charge is -2.21. The molecule has 0 aromatic heterocycles. The van der Waals surface area contributed by atoms with Gasteiger partial charge in [-0.3, -0.25) is 0 Å². The summed E-state index contributed by atoms with van der Waals surface area (Å²) >= 11 is 0. The first-order valence-corrected chi connectivity index (χ1v) is 13.0. The van der Waals surface area contributed by atoms with Crippen molar-refractivity contribution in [2.75, 3.05) is 28.2 Å². The summed E-state index contributed by atoms with van der Waals surface area (Å²) in [6.07, 6.45) is 4.26. The van der Waals surface area contributed by atoms with Gasteiger partial charge in [0.05, 0.1) is 0 Å². The molecule has 2 N–H and O–H groups in total. The highest BCUT2D eigenvalue weighted by Gasteiger charge is 2.21. The van der Waals surface area contributed by atoms with Gasteiger partial charge in [0, 0.05) is 40.3 Å². The van der Waals surface area contributed by atoms with Crippen molar-refractivity contribution in [3.05, 3.63) is 83.9 Å². The SMILES string of the molecule is CN(C)S(=O)(=O)N[C@H](C=C[C@H](Cc1ccccc1)NS(=O)(=O)N(C)C)Cc1ccccc1. The van der Waals surface area contributed by atoms with Crippen LogP contribution in [0.25, 0.3) is 0 Å². The molecule has 0 unspecified atom stereocenters. The third-order valence-electron chi connectivity index (χ3n) is 4.73. The molecule has 8 nitrogen and oxygen atoms in total. The summed E-state index contributed by atoms with van der Waals surface area (Å²) in [7, 11) is -1.56. The predicted octanol–water partition coefficient (Wildman–Crippen LogP) is 1.56. The Kier molecular flexibility index (Phi) is 9.56.